The van der Waals surface area contributed by atoms with Crippen LogP contribution in [-0.4, -0.2) is 44.9 Å². The van der Waals surface area contributed by atoms with Crippen LogP contribution in [0.3, 0.4) is 0 Å². The monoisotopic (exact) mass is 498 g/mol. The van der Waals surface area contributed by atoms with Crippen LogP contribution in [0.5, 0.6) is 5.75 Å². The highest BCUT2D eigenvalue weighted by Crippen LogP contribution is 2.23. The maximum absolute atomic E-state index is 12.9. The molecule has 1 aliphatic rings. The molecule has 0 unspecified atom stereocenters. The highest BCUT2D eigenvalue weighted by Gasteiger charge is 2.31. The molecule has 1 saturated heterocycles. The lowest BCUT2D eigenvalue weighted by Gasteiger charge is -2.30. The van der Waals surface area contributed by atoms with Crippen LogP contribution < -0.4 is 10.1 Å². The predicted molar refractivity (Wildman–Crippen MR) is 116 cm³/mol. The molecule has 0 aromatic heterocycles. The van der Waals surface area contributed by atoms with Gasteiger partial charge >= 0.3 is 0 Å². The van der Waals surface area contributed by atoms with Crippen LogP contribution in [0.25, 0.3) is 0 Å². The molecule has 2 aromatic rings. The van der Waals surface area contributed by atoms with Gasteiger partial charge in [-0.3, -0.25) is 4.79 Å². The Kier molecular flexibility index (Phi) is 7.85. The number of piperidine rings is 1. The van der Waals surface area contributed by atoms with Gasteiger partial charge in [-0.2, -0.15) is 0 Å². The summed E-state index contributed by atoms with van der Waals surface area (Å²) in [5.41, 5.74) is 0.727. The van der Waals surface area contributed by atoms with Crippen LogP contribution in [-0.2, 0) is 20.6 Å². The molecule has 1 amide bonds. The van der Waals surface area contributed by atoms with Crippen LogP contribution in [0.15, 0.2) is 53.0 Å². The van der Waals surface area contributed by atoms with Crippen molar-refractivity contribution in [1.82, 2.24) is 9.62 Å². The maximum Gasteiger partial charge on any atom is 0.223 e. The molecule has 1 heterocycles. The highest BCUT2D eigenvalue weighted by molar-refractivity contribution is 9.10. The number of sulfonamides is 1. The third kappa shape index (κ3) is 6.52. The maximum atomic E-state index is 12.9. The van der Waals surface area contributed by atoms with Gasteiger partial charge in [0.1, 0.15) is 18.2 Å². The number of benzene rings is 2. The fourth-order valence-electron chi connectivity index (χ4n) is 3.34. The van der Waals surface area contributed by atoms with E-state index in [0.29, 0.717) is 38.2 Å². The average molecular weight is 499 g/mol. The molecule has 2 aromatic carbocycles. The van der Waals surface area contributed by atoms with E-state index in [0.717, 1.165) is 10.0 Å². The van der Waals surface area contributed by atoms with Crippen LogP contribution >= 0.6 is 15.9 Å². The number of carbonyl (C=O) groups excluding carboxylic acids is 1. The lowest BCUT2D eigenvalue weighted by molar-refractivity contribution is -0.126. The van der Waals surface area contributed by atoms with Crippen LogP contribution in [0.1, 0.15) is 18.4 Å². The van der Waals surface area contributed by atoms with Crippen molar-refractivity contribution in [2.45, 2.75) is 18.6 Å². The fraction of sp³-hybridized carbons (Fsp3) is 0.381. The van der Waals surface area contributed by atoms with Gasteiger partial charge in [-0.25, -0.2) is 17.1 Å². The number of hydrogen-bond acceptors (Lipinski definition) is 4. The Bertz CT molecular complexity index is 961. The molecule has 0 bridgehead atoms. The van der Waals surface area contributed by atoms with Crippen molar-refractivity contribution < 1.29 is 22.3 Å². The number of rotatable bonds is 8. The number of halogens is 2. The van der Waals surface area contributed by atoms with Gasteiger partial charge in [0.15, 0.2) is 0 Å². The Morgan fingerprint density at radius 3 is 2.53 bits per heavy atom. The first-order valence-electron chi connectivity index (χ1n) is 9.72. The Morgan fingerprint density at radius 1 is 1.17 bits per heavy atom. The van der Waals surface area contributed by atoms with Gasteiger partial charge in [0.25, 0.3) is 0 Å². The Labute approximate surface area is 184 Å². The first-order valence-corrected chi connectivity index (χ1v) is 12.1. The van der Waals surface area contributed by atoms with E-state index >= 15 is 0 Å². The van der Waals surface area contributed by atoms with Crippen molar-refractivity contribution >= 4 is 31.9 Å². The molecule has 0 spiro atoms. The van der Waals surface area contributed by atoms with E-state index in [1.165, 1.54) is 28.6 Å². The van der Waals surface area contributed by atoms with Crippen molar-refractivity contribution in [2.24, 2.45) is 5.92 Å². The molecular formula is C21H24BrFN2O4S. The lowest BCUT2D eigenvalue weighted by atomic mass is 9.97. The number of nitrogens with one attached hydrogen (secondary N) is 1. The summed E-state index contributed by atoms with van der Waals surface area (Å²) >= 11 is 3.35. The van der Waals surface area contributed by atoms with E-state index in [1.54, 1.807) is 12.1 Å². The van der Waals surface area contributed by atoms with Crippen molar-refractivity contribution in [3.05, 3.63) is 64.4 Å². The molecule has 3 rings (SSSR count). The molecule has 9 heteroatoms. The van der Waals surface area contributed by atoms with E-state index in [9.17, 15) is 17.6 Å². The summed E-state index contributed by atoms with van der Waals surface area (Å²) in [6.45, 7) is 1.27. The zero-order chi connectivity index (χ0) is 21.6. The minimum Gasteiger partial charge on any atom is -0.492 e. The van der Waals surface area contributed by atoms with Crippen molar-refractivity contribution in [1.29, 1.82) is 0 Å². The van der Waals surface area contributed by atoms with Crippen molar-refractivity contribution in [3.8, 4) is 5.75 Å². The van der Waals surface area contributed by atoms with E-state index in [1.807, 2.05) is 12.1 Å². The van der Waals surface area contributed by atoms with Crippen molar-refractivity contribution in [3.63, 3.8) is 0 Å². The van der Waals surface area contributed by atoms with Gasteiger partial charge in [0.05, 0.1) is 12.3 Å². The largest absolute Gasteiger partial charge is 0.492 e. The summed E-state index contributed by atoms with van der Waals surface area (Å²) in [4.78, 5) is 12.3. The smallest absolute Gasteiger partial charge is 0.223 e. The summed E-state index contributed by atoms with van der Waals surface area (Å²) in [5.74, 6) is -0.158. The number of ether oxygens (including phenoxy) is 1. The number of nitrogens with zero attached hydrogens (tertiary/aromatic N) is 1. The summed E-state index contributed by atoms with van der Waals surface area (Å²) in [7, 11) is -3.42. The topological polar surface area (TPSA) is 75.7 Å². The molecule has 1 aliphatic heterocycles. The molecule has 0 radical (unpaired) electrons. The molecule has 6 nitrogen and oxygen atoms in total. The van der Waals surface area contributed by atoms with E-state index in [2.05, 4.69) is 21.2 Å². The highest BCUT2D eigenvalue weighted by atomic mass is 79.9. The van der Waals surface area contributed by atoms with Gasteiger partial charge in [0.2, 0.25) is 15.9 Å². The first kappa shape index (κ1) is 22.7. The normalized spacial score (nSPS) is 15.7. The first-order chi connectivity index (χ1) is 14.3. The molecule has 30 heavy (non-hydrogen) atoms. The lowest BCUT2D eigenvalue weighted by Crippen LogP contribution is -2.43. The minimum absolute atomic E-state index is 0.0516. The molecule has 1 N–H and O–H groups in total. The standard InChI is InChI=1S/C21H24BrFN2O4S/c22-18-3-1-2-16(14-18)15-30(27,28)25-11-8-17(9-12-25)21(26)24-10-13-29-20-6-4-19(23)5-7-20/h1-7,14,17H,8-13,15H2,(H,24,26). The minimum atomic E-state index is -3.42. The zero-order valence-corrected chi connectivity index (χ0v) is 18.8. The second-order valence-electron chi connectivity index (χ2n) is 7.15. The summed E-state index contributed by atoms with van der Waals surface area (Å²) in [6.07, 6.45) is 0.977. The van der Waals surface area contributed by atoms with Crippen LogP contribution in [0.4, 0.5) is 4.39 Å². The van der Waals surface area contributed by atoms with E-state index in [-0.39, 0.29) is 30.0 Å². The molecular weight excluding hydrogens is 475 g/mol. The molecule has 162 valence electrons. The predicted octanol–water partition coefficient (Wildman–Crippen LogP) is 3.33. The quantitative estimate of drug-likeness (QED) is 0.566. The number of amides is 1. The molecule has 0 saturated carbocycles. The van der Waals surface area contributed by atoms with E-state index < -0.39 is 10.0 Å². The fourth-order valence-corrected chi connectivity index (χ4v) is 5.34. The Hall–Kier alpha value is -1.97. The Morgan fingerprint density at radius 2 is 1.87 bits per heavy atom. The average Bonchev–Trinajstić information content (AvgIpc) is 2.72. The van der Waals surface area contributed by atoms with Gasteiger partial charge < -0.3 is 10.1 Å². The van der Waals surface area contributed by atoms with Gasteiger partial charge in [-0.05, 0) is 54.8 Å². The van der Waals surface area contributed by atoms with Gasteiger partial charge in [0, 0.05) is 23.5 Å². The summed E-state index contributed by atoms with van der Waals surface area (Å²) in [5, 5.41) is 2.82. The number of hydrogen-bond donors (Lipinski definition) is 1. The molecule has 1 fully saturated rings. The third-order valence-corrected chi connectivity index (χ3v) is 7.28. The summed E-state index contributed by atoms with van der Waals surface area (Å²) < 4.78 is 46.0. The third-order valence-electron chi connectivity index (χ3n) is 4.94. The molecule has 0 aliphatic carbocycles. The van der Waals surface area contributed by atoms with Gasteiger partial charge in [-0.1, -0.05) is 28.1 Å². The second kappa shape index (κ2) is 10.4. The SMILES string of the molecule is O=C(NCCOc1ccc(F)cc1)C1CCN(S(=O)(=O)Cc2cccc(Br)c2)CC1. The van der Waals surface area contributed by atoms with Crippen LogP contribution in [0.2, 0.25) is 0 Å². The molecule has 0 atom stereocenters. The number of carbonyl (C=O) groups is 1. The van der Waals surface area contributed by atoms with Crippen molar-refractivity contribution in [2.75, 3.05) is 26.2 Å². The van der Waals surface area contributed by atoms with Gasteiger partial charge in [-0.15, -0.1) is 0 Å². The summed E-state index contributed by atoms with van der Waals surface area (Å²) in [6, 6.07) is 12.9. The van der Waals surface area contributed by atoms with E-state index in [4.69, 9.17) is 4.74 Å². The second-order valence-corrected chi connectivity index (χ2v) is 10.0. The zero-order valence-electron chi connectivity index (χ0n) is 16.4. The van der Waals surface area contributed by atoms with Crippen LogP contribution in [0, 0.1) is 11.7 Å². The Balaban J connectivity index is 1.40.